The van der Waals surface area contributed by atoms with Gasteiger partial charge in [-0.1, -0.05) is 6.92 Å². The molecule has 0 spiro atoms. The third kappa shape index (κ3) is 3.86. The molecule has 94 valence electrons. The van der Waals surface area contributed by atoms with E-state index in [4.69, 9.17) is 5.26 Å². The predicted molar refractivity (Wildman–Crippen MR) is 68.5 cm³/mol. The topological polar surface area (TPSA) is 53.6 Å². The van der Waals surface area contributed by atoms with E-state index in [0.29, 0.717) is 0 Å². The molecule has 1 rings (SSSR count). The first-order valence-corrected chi connectivity index (χ1v) is 6.25. The van der Waals surface area contributed by atoms with Gasteiger partial charge in [0, 0.05) is 25.4 Å². The molecule has 0 radical (unpaired) electrons. The fraction of sp³-hybridized carbons (Fsp3) is 0.692. The summed E-state index contributed by atoms with van der Waals surface area (Å²) in [6.45, 7) is 5.06. The lowest BCUT2D eigenvalue weighted by Gasteiger charge is -2.20. The number of hydrogen-bond acceptors (Lipinski definition) is 3. The van der Waals surface area contributed by atoms with Gasteiger partial charge in [-0.3, -0.25) is 0 Å². The summed E-state index contributed by atoms with van der Waals surface area (Å²) in [6.07, 6.45) is 7.87. The summed E-state index contributed by atoms with van der Waals surface area (Å²) < 4.78 is 2.20. The maximum Gasteiger partial charge on any atom is 0.108 e. The standard InChI is InChI=1S/C13H22N4/c1-4-12-16-8-10-17(12)9-6-5-7-13(2,11-14)15-3/h8,10,15H,4-7,9H2,1-3H3. The third-order valence-electron chi connectivity index (χ3n) is 3.24. The van der Waals surface area contributed by atoms with Gasteiger partial charge in [0.2, 0.25) is 0 Å². The fourth-order valence-corrected chi connectivity index (χ4v) is 1.86. The van der Waals surface area contributed by atoms with Crippen LogP contribution in [0.15, 0.2) is 12.4 Å². The predicted octanol–water partition coefficient (Wildman–Crippen LogP) is 2.12. The molecule has 1 unspecified atom stereocenters. The molecule has 0 aliphatic carbocycles. The van der Waals surface area contributed by atoms with Crippen molar-refractivity contribution in [2.24, 2.45) is 0 Å². The number of nitrogens with zero attached hydrogens (tertiary/aromatic N) is 3. The summed E-state index contributed by atoms with van der Waals surface area (Å²) in [5.74, 6) is 1.14. The Bertz CT molecular complexity index is 377. The van der Waals surface area contributed by atoms with Crippen LogP contribution in [0.25, 0.3) is 0 Å². The van der Waals surface area contributed by atoms with Crippen molar-refractivity contribution in [1.82, 2.24) is 14.9 Å². The molecule has 0 aromatic carbocycles. The molecule has 1 aromatic rings. The molecule has 1 aromatic heterocycles. The van der Waals surface area contributed by atoms with Crippen molar-refractivity contribution in [3.8, 4) is 6.07 Å². The molecule has 1 N–H and O–H groups in total. The Morgan fingerprint density at radius 2 is 2.29 bits per heavy atom. The van der Waals surface area contributed by atoms with Gasteiger partial charge in [-0.05, 0) is 33.2 Å². The third-order valence-corrected chi connectivity index (χ3v) is 3.24. The lowest BCUT2D eigenvalue weighted by Crippen LogP contribution is -2.37. The van der Waals surface area contributed by atoms with Crippen LogP contribution < -0.4 is 5.32 Å². The Morgan fingerprint density at radius 3 is 2.88 bits per heavy atom. The molecule has 17 heavy (non-hydrogen) atoms. The van der Waals surface area contributed by atoms with Gasteiger partial charge in [0.1, 0.15) is 11.4 Å². The summed E-state index contributed by atoms with van der Waals surface area (Å²) >= 11 is 0. The van der Waals surface area contributed by atoms with Crippen LogP contribution in [0, 0.1) is 11.3 Å². The Kier molecular flexibility index (Phi) is 5.17. The van der Waals surface area contributed by atoms with E-state index in [1.165, 1.54) is 0 Å². The van der Waals surface area contributed by atoms with Crippen LogP contribution in [0.2, 0.25) is 0 Å². The van der Waals surface area contributed by atoms with E-state index in [-0.39, 0.29) is 5.54 Å². The largest absolute Gasteiger partial charge is 0.335 e. The van der Waals surface area contributed by atoms with E-state index in [9.17, 15) is 0 Å². The number of imidazole rings is 1. The second-order valence-electron chi connectivity index (χ2n) is 4.54. The van der Waals surface area contributed by atoms with Gasteiger partial charge in [-0.2, -0.15) is 5.26 Å². The van der Waals surface area contributed by atoms with Crippen LogP contribution in [0.4, 0.5) is 0 Å². The van der Waals surface area contributed by atoms with Gasteiger partial charge in [0.05, 0.1) is 6.07 Å². The van der Waals surface area contributed by atoms with Crippen molar-refractivity contribution in [2.75, 3.05) is 7.05 Å². The highest BCUT2D eigenvalue weighted by Gasteiger charge is 2.19. The molecule has 1 atom stereocenters. The van der Waals surface area contributed by atoms with E-state index in [0.717, 1.165) is 38.1 Å². The molecule has 0 bridgehead atoms. The maximum atomic E-state index is 9.02. The highest BCUT2D eigenvalue weighted by molar-refractivity contribution is 5.02. The summed E-state index contributed by atoms with van der Waals surface area (Å²) in [6, 6.07) is 2.31. The lowest BCUT2D eigenvalue weighted by molar-refractivity contribution is 0.423. The van der Waals surface area contributed by atoms with Crippen LogP contribution in [-0.2, 0) is 13.0 Å². The molecule has 4 nitrogen and oxygen atoms in total. The van der Waals surface area contributed by atoms with E-state index < -0.39 is 0 Å². The van der Waals surface area contributed by atoms with E-state index in [1.807, 2.05) is 26.4 Å². The van der Waals surface area contributed by atoms with Crippen LogP contribution >= 0.6 is 0 Å². The lowest BCUT2D eigenvalue weighted by atomic mass is 9.97. The first-order valence-electron chi connectivity index (χ1n) is 6.25. The molecule has 0 saturated heterocycles. The minimum absolute atomic E-state index is 0.386. The summed E-state index contributed by atoms with van der Waals surface area (Å²) in [4.78, 5) is 4.29. The minimum atomic E-state index is -0.386. The number of nitriles is 1. The van der Waals surface area contributed by atoms with E-state index >= 15 is 0 Å². The number of aryl methyl sites for hydroxylation is 2. The van der Waals surface area contributed by atoms with Crippen LogP contribution in [0.5, 0.6) is 0 Å². The molecule has 0 aliphatic heterocycles. The van der Waals surface area contributed by atoms with Crippen molar-refractivity contribution in [1.29, 1.82) is 5.26 Å². The van der Waals surface area contributed by atoms with Crippen molar-refractivity contribution in [3.05, 3.63) is 18.2 Å². The van der Waals surface area contributed by atoms with E-state index in [1.54, 1.807) is 0 Å². The zero-order valence-corrected chi connectivity index (χ0v) is 11.0. The molecule has 0 saturated carbocycles. The zero-order valence-electron chi connectivity index (χ0n) is 11.0. The van der Waals surface area contributed by atoms with Crippen LogP contribution in [0.3, 0.4) is 0 Å². The molecule has 4 heteroatoms. The monoisotopic (exact) mass is 234 g/mol. The van der Waals surface area contributed by atoms with E-state index in [2.05, 4.69) is 27.9 Å². The minimum Gasteiger partial charge on any atom is -0.335 e. The summed E-state index contributed by atoms with van der Waals surface area (Å²) in [5, 5.41) is 12.1. The first kappa shape index (κ1) is 13.7. The Labute approximate surface area is 104 Å². The highest BCUT2D eigenvalue weighted by Crippen LogP contribution is 2.13. The van der Waals surface area contributed by atoms with Crippen molar-refractivity contribution in [2.45, 2.75) is 51.6 Å². The molecule has 0 amide bonds. The molecule has 1 heterocycles. The zero-order chi connectivity index (χ0) is 12.7. The second-order valence-corrected chi connectivity index (χ2v) is 4.54. The van der Waals surface area contributed by atoms with Gasteiger partial charge in [-0.25, -0.2) is 4.98 Å². The van der Waals surface area contributed by atoms with Crippen LogP contribution in [-0.4, -0.2) is 22.1 Å². The Morgan fingerprint density at radius 1 is 1.53 bits per heavy atom. The average molecular weight is 234 g/mol. The van der Waals surface area contributed by atoms with Gasteiger partial charge >= 0.3 is 0 Å². The molecular formula is C13H22N4. The van der Waals surface area contributed by atoms with Crippen molar-refractivity contribution >= 4 is 0 Å². The number of hydrogen-bond donors (Lipinski definition) is 1. The van der Waals surface area contributed by atoms with Gasteiger partial charge in [0.25, 0.3) is 0 Å². The number of rotatable bonds is 7. The Balaban J connectivity index is 2.32. The maximum absolute atomic E-state index is 9.02. The van der Waals surface area contributed by atoms with Gasteiger partial charge in [-0.15, -0.1) is 0 Å². The van der Waals surface area contributed by atoms with Crippen molar-refractivity contribution in [3.63, 3.8) is 0 Å². The van der Waals surface area contributed by atoms with Crippen molar-refractivity contribution < 1.29 is 0 Å². The number of aromatic nitrogens is 2. The summed E-state index contributed by atoms with van der Waals surface area (Å²) in [7, 11) is 1.84. The average Bonchev–Trinajstić information content (AvgIpc) is 2.81. The van der Waals surface area contributed by atoms with Crippen LogP contribution in [0.1, 0.15) is 38.9 Å². The molecule has 0 fully saturated rings. The normalized spacial score (nSPS) is 14.2. The SMILES string of the molecule is CCc1nccn1CCCCC(C)(C#N)NC. The van der Waals surface area contributed by atoms with Gasteiger partial charge in [0.15, 0.2) is 0 Å². The van der Waals surface area contributed by atoms with Gasteiger partial charge < -0.3 is 9.88 Å². The fourth-order valence-electron chi connectivity index (χ4n) is 1.86. The number of unbranched alkanes of at least 4 members (excludes halogenated alkanes) is 1. The Hall–Kier alpha value is -1.34. The first-order chi connectivity index (χ1) is 8.15. The highest BCUT2D eigenvalue weighted by atomic mass is 15.1. The molecule has 0 aliphatic rings. The smallest absolute Gasteiger partial charge is 0.108 e. The number of nitrogens with one attached hydrogen (secondary N) is 1. The quantitative estimate of drug-likeness (QED) is 0.735. The summed E-state index contributed by atoms with van der Waals surface area (Å²) in [5.41, 5.74) is -0.386. The molecular weight excluding hydrogens is 212 g/mol. The second kappa shape index (κ2) is 6.41.